The number of nitrogens with two attached hydrogens (primary N) is 1. The largest absolute Gasteiger partial charge is 0.483 e. The Morgan fingerprint density at radius 1 is 1.12 bits per heavy atom. The summed E-state index contributed by atoms with van der Waals surface area (Å²) in [5.41, 5.74) is 6.15. The maximum Gasteiger partial charge on any atom is 0.258 e. The predicted molar refractivity (Wildman–Crippen MR) is 118 cm³/mol. The van der Waals surface area contributed by atoms with Crippen molar-refractivity contribution in [3.63, 3.8) is 0 Å². The smallest absolute Gasteiger partial charge is 0.258 e. The summed E-state index contributed by atoms with van der Waals surface area (Å²) in [6.45, 7) is 2.46. The molecular weight excluding hydrogens is 450 g/mol. The first-order valence-corrected chi connectivity index (χ1v) is 12.0. The maximum absolute atomic E-state index is 12.8. The molecule has 0 aromatic heterocycles. The number of nitrogens with one attached hydrogen (secondary N) is 1. The zero-order chi connectivity index (χ0) is 23.6. The lowest BCUT2D eigenvalue weighted by atomic mass is 10.1. The van der Waals surface area contributed by atoms with Crippen molar-refractivity contribution < 1.29 is 32.2 Å². The van der Waals surface area contributed by atoms with E-state index in [1.807, 2.05) is 13.0 Å². The van der Waals surface area contributed by atoms with Crippen molar-refractivity contribution in [1.29, 1.82) is 0 Å². The molecular formula is C22H25N3O7S. The highest BCUT2D eigenvalue weighted by molar-refractivity contribution is 7.89. The fourth-order valence-electron chi connectivity index (χ4n) is 3.76. The average Bonchev–Trinajstić information content (AvgIpc) is 3.49. The average molecular weight is 476 g/mol. The van der Waals surface area contributed by atoms with Crippen molar-refractivity contribution in [3.05, 3.63) is 47.5 Å². The van der Waals surface area contributed by atoms with E-state index in [9.17, 15) is 18.0 Å². The molecule has 0 bridgehead atoms. The minimum atomic E-state index is -3.72. The van der Waals surface area contributed by atoms with Gasteiger partial charge in [-0.2, -0.15) is 4.31 Å². The zero-order valence-corrected chi connectivity index (χ0v) is 18.9. The molecule has 33 heavy (non-hydrogen) atoms. The molecule has 4 rings (SSSR count). The Kier molecular flexibility index (Phi) is 6.43. The first-order valence-electron chi connectivity index (χ1n) is 10.5. The maximum atomic E-state index is 12.8. The SMILES string of the molecule is C[C@@H](NC(=O)COc1ccc(S(=O)(=O)N2CCCC2)cc1C(N)=O)c1ccc2c(c1)OCO2. The van der Waals surface area contributed by atoms with Crippen molar-refractivity contribution >= 4 is 21.8 Å². The molecule has 0 radical (unpaired) electrons. The zero-order valence-electron chi connectivity index (χ0n) is 18.1. The minimum absolute atomic E-state index is 0.0357. The summed E-state index contributed by atoms with van der Waals surface area (Å²) in [7, 11) is -3.72. The molecule has 0 spiro atoms. The van der Waals surface area contributed by atoms with Crippen molar-refractivity contribution in [2.75, 3.05) is 26.5 Å². The molecule has 0 unspecified atom stereocenters. The number of hydrogen-bond acceptors (Lipinski definition) is 7. The van der Waals surface area contributed by atoms with Gasteiger partial charge < -0.3 is 25.3 Å². The van der Waals surface area contributed by atoms with Gasteiger partial charge in [0.15, 0.2) is 18.1 Å². The summed E-state index contributed by atoms with van der Waals surface area (Å²) in [6, 6.07) is 8.94. The highest BCUT2D eigenvalue weighted by Crippen LogP contribution is 2.34. The second-order valence-electron chi connectivity index (χ2n) is 7.82. The monoisotopic (exact) mass is 475 g/mol. The van der Waals surface area contributed by atoms with Gasteiger partial charge in [0.05, 0.1) is 16.5 Å². The van der Waals surface area contributed by atoms with Crippen LogP contribution in [-0.4, -0.2) is 51.0 Å². The summed E-state index contributed by atoms with van der Waals surface area (Å²) < 4.78 is 43.0. The molecule has 10 nitrogen and oxygen atoms in total. The third kappa shape index (κ3) is 4.88. The van der Waals surface area contributed by atoms with Crippen LogP contribution in [-0.2, 0) is 14.8 Å². The van der Waals surface area contributed by atoms with Crippen LogP contribution in [0.1, 0.15) is 41.7 Å². The van der Waals surface area contributed by atoms with Gasteiger partial charge in [-0.25, -0.2) is 8.42 Å². The summed E-state index contributed by atoms with van der Waals surface area (Å²) >= 11 is 0. The molecule has 2 aliphatic rings. The van der Waals surface area contributed by atoms with E-state index in [4.69, 9.17) is 19.9 Å². The molecule has 2 aromatic rings. The topological polar surface area (TPSA) is 137 Å². The van der Waals surface area contributed by atoms with E-state index in [1.165, 1.54) is 22.5 Å². The number of benzene rings is 2. The van der Waals surface area contributed by atoms with Gasteiger partial charge in [-0.15, -0.1) is 0 Å². The number of carbonyl (C=O) groups excluding carboxylic acids is 2. The second kappa shape index (κ2) is 9.28. The van der Waals surface area contributed by atoms with E-state index in [0.29, 0.717) is 24.6 Å². The lowest BCUT2D eigenvalue weighted by Crippen LogP contribution is -2.31. The first kappa shape index (κ1) is 22.9. The molecule has 2 heterocycles. The van der Waals surface area contributed by atoms with Gasteiger partial charge in [-0.1, -0.05) is 6.07 Å². The van der Waals surface area contributed by atoms with Crippen LogP contribution in [0.3, 0.4) is 0 Å². The molecule has 1 fully saturated rings. The Morgan fingerprint density at radius 2 is 1.85 bits per heavy atom. The van der Waals surface area contributed by atoms with Gasteiger partial charge >= 0.3 is 0 Å². The van der Waals surface area contributed by atoms with Crippen LogP contribution in [0.25, 0.3) is 0 Å². The van der Waals surface area contributed by atoms with E-state index >= 15 is 0 Å². The Hall–Kier alpha value is -3.31. The van der Waals surface area contributed by atoms with Crippen molar-refractivity contribution in [2.24, 2.45) is 5.73 Å². The third-order valence-electron chi connectivity index (χ3n) is 5.55. The standard InChI is InChI=1S/C22H25N3O7S/c1-14(15-4-6-19-20(10-15)32-13-31-19)24-21(26)12-30-18-7-5-16(11-17(18)22(23)27)33(28,29)25-8-2-3-9-25/h4-7,10-11,14H,2-3,8-9,12-13H2,1H3,(H2,23,27)(H,24,26)/t14-/m1/s1. The number of nitrogens with zero attached hydrogens (tertiary/aromatic N) is 1. The fraction of sp³-hybridized carbons (Fsp3) is 0.364. The normalized spacial score (nSPS) is 16.4. The van der Waals surface area contributed by atoms with Crippen LogP contribution < -0.4 is 25.3 Å². The summed E-state index contributed by atoms with van der Waals surface area (Å²) in [4.78, 5) is 24.3. The van der Waals surface area contributed by atoms with E-state index < -0.39 is 21.8 Å². The Balaban J connectivity index is 1.42. The van der Waals surface area contributed by atoms with Gasteiger partial charge in [0.1, 0.15) is 5.75 Å². The highest BCUT2D eigenvalue weighted by Gasteiger charge is 2.28. The molecule has 2 aromatic carbocycles. The van der Waals surface area contributed by atoms with E-state index in [2.05, 4.69) is 5.32 Å². The van der Waals surface area contributed by atoms with Gasteiger partial charge in [0, 0.05) is 13.1 Å². The molecule has 2 aliphatic heterocycles. The lowest BCUT2D eigenvalue weighted by Gasteiger charge is -2.18. The van der Waals surface area contributed by atoms with E-state index in [1.54, 1.807) is 12.1 Å². The molecule has 0 aliphatic carbocycles. The molecule has 0 saturated carbocycles. The van der Waals surface area contributed by atoms with Crippen molar-refractivity contribution in [2.45, 2.75) is 30.7 Å². The molecule has 1 atom stereocenters. The predicted octanol–water partition coefficient (Wildman–Crippen LogP) is 1.55. The number of fused-ring (bicyclic) bond motifs is 1. The minimum Gasteiger partial charge on any atom is -0.483 e. The fourth-order valence-corrected chi connectivity index (χ4v) is 5.30. The summed E-state index contributed by atoms with van der Waals surface area (Å²) in [5.74, 6) is 0.0189. The Bertz CT molecular complexity index is 1180. The summed E-state index contributed by atoms with van der Waals surface area (Å²) in [6.07, 6.45) is 1.59. The van der Waals surface area contributed by atoms with Crippen molar-refractivity contribution in [3.8, 4) is 17.2 Å². The van der Waals surface area contributed by atoms with E-state index in [0.717, 1.165) is 18.4 Å². The number of amides is 2. The number of primary amides is 1. The van der Waals surface area contributed by atoms with Crippen LogP contribution >= 0.6 is 0 Å². The third-order valence-corrected chi connectivity index (χ3v) is 7.45. The van der Waals surface area contributed by atoms with E-state index in [-0.39, 0.29) is 35.7 Å². The van der Waals surface area contributed by atoms with Gasteiger partial charge in [-0.05, 0) is 55.7 Å². The molecule has 176 valence electrons. The summed E-state index contributed by atoms with van der Waals surface area (Å²) in [5, 5.41) is 2.80. The first-order chi connectivity index (χ1) is 15.8. The number of carbonyl (C=O) groups is 2. The molecule has 11 heteroatoms. The van der Waals surface area contributed by atoms with Gasteiger partial charge in [0.2, 0.25) is 16.8 Å². The Morgan fingerprint density at radius 3 is 2.58 bits per heavy atom. The van der Waals surface area contributed by atoms with Crippen LogP contribution in [0.15, 0.2) is 41.3 Å². The number of ether oxygens (including phenoxy) is 3. The number of hydrogen-bond donors (Lipinski definition) is 2. The Labute approximate surface area is 191 Å². The lowest BCUT2D eigenvalue weighted by molar-refractivity contribution is -0.123. The van der Waals surface area contributed by atoms with Crippen LogP contribution in [0, 0.1) is 0 Å². The molecule has 1 saturated heterocycles. The molecule has 2 amide bonds. The van der Waals surface area contributed by atoms with Gasteiger partial charge in [0.25, 0.3) is 11.8 Å². The number of rotatable bonds is 8. The van der Waals surface area contributed by atoms with Crippen LogP contribution in [0.5, 0.6) is 17.2 Å². The van der Waals surface area contributed by atoms with Crippen LogP contribution in [0.4, 0.5) is 0 Å². The molecule has 3 N–H and O–H groups in total. The highest BCUT2D eigenvalue weighted by atomic mass is 32.2. The van der Waals surface area contributed by atoms with Gasteiger partial charge in [-0.3, -0.25) is 9.59 Å². The second-order valence-corrected chi connectivity index (χ2v) is 9.76. The number of sulfonamides is 1. The van der Waals surface area contributed by atoms with Crippen molar-refractivity contribution in [1.82, 2.24) is 9.62 Å². The van der Waals surface area contributed by atoms with Crippen LogP contribution in [0.2, 0.25) is 0 Å². The quantitative estimate of drug-likeness (QED) is 0.591.